The highest BCUT2D eigenvalue weighted by Crippen LogP contribution is 2.45. The Labute approximate surface area is 75.9 Å². The van der Waals surface area contributed by atoms with E-state index in [1.807, 2.05) is 6.07 Å². The summed E-state index contributed by atoms with van der Waals surface area (Å²) >= 11 is 11.3. The lowest BCUT2D eigenvalue weighted by Gasteiger charge is -1.98. The maximum absolute atomic E-state index is 8.46. The summed E-state index contributed by atoms with van der Waals surface area (Å²) < 4.78 is 0. The molecule has 0 fully saturated rings. The van der Waals surface area contributed by atoms with E-state index in [2.05, 4.69) is 0 Å². The zero-order chi connectivity index (χ0) is 8.27. The third-order valence-corrected chi connectivity index (χ3v) is 3.05. The van der Waals surface area contributed by atoms with Crippen molar-refractivity contribution in [1.29, 1.82) is 5.26 Å². The van der Waals surface area contributed by atoms with Gasteiger partial charge in [-0.05, 0) is 12.1 Å². The minimum Gasteiger partial charge on any atom is -0.192 e. The van der Waals surface area contributed by atoms with Gasteiger partial charge in [0.25, 0.3) is 0 Å². The van der Waals surface area contributed by atoms with E-state index in [1.54, 1.807) is 24.3 Å². The van der Waals surface area contributed by atoms with E-state index < -0.39 is 6.63 Å². The van der Waals surface area contributed by atoms with Gasteiger partial charge in [-0.1, -0.05) is 34.6 Å². The molecule has 0 heterocycles. The van der Waals surface area contributed by atoms with Gasteiger partial charge in [-0.25, -0.2) is 0 Å². The van der Waals surface area contributed by atoms with E-state index in [0.29, 0.717) is 5.56 Å². The fraction of sp³-hybridized carbons (Fsp3) is 0. The zero-order valence-corrected chi connectivity index (χ0v) is 7.87. The van der Waals surface area contributed by atoms with E-state index in [1.165, 1.54) is 0 Å². The van der Waals surface area contributed by atoms with Crippen molar-refractivity contribution < 1.29 is 0 Å². The van der Waals surface area contributed by atoms with Gasteiger partial charge in [-0.3, -0.25) is 0 Å². The lowest BCUT2D eigenvalue weighted by atomic mass is 10.2. The third kappa shape index (κ3) is 2.34. The third-order valence-electron chi connectivity index (χ3n) is 1.19. The zero-order valence-electron chi connectivity index (χ0n) is 5.46. The van der Waals surface area contributed by atoms with Crippen LogP contribution in [0.4, 0.5) is 0 Å². The van der Waals surface area contributed by atoms with Crippen molar-refractivity contribution in [3.05, 3.63) is 29.8 Å². The van der Waals surface area contributed by atoms with Gasteiger partial charge in [0.1, 0.15) is 6.63 Å². The molecule has 0 aliphatic rings. The highest BCUT2D eigenvalue weighted by atomic mass is 35.9. The largest absolute Gasteiger partial charge is 0.192 e. The van der Waals surface area contributed by atoms with Gasteiger partial charge < -0.3 is 0 Å². The molecule has 0 unspecified atom stereocenters. The molecular weight excluding hydrogens is 200 g/mol. The van der Waals surface area contributed by atoms with Crippen molar-refractivity contribution in [2.45, 2.75) is 0 Å². The minimum absolute atomic E-state index is 0.624. The highest BCUT2D eigenvalue weighted by molar-refractivity contribution is 8.08. The first-order valence-electron chi connectivity index (χ1n) is 2.86. The Morgan fingerprint density at radius 3 is 2.09 bits per heavy atom. The van der Waals surface area contributed by atoms with E-state index in [9.17, 15) is 0 Å². The molecule has 1 aromatic rings. The maximum Gasteiger partial charge on any atom is 0.116 e. The fourth-order valence-electron chi connectivity index (χ4n) is 0.649. The number of benzene rings is 1. The monoisotopic (exact) mass is 203 g/mol. The van der Waals surface area contributed by atoms with Gasteiger partial charge in [-0.15, -0.1) is 0 Å². The molecule has 0 saturated heterocycles. The van der Waals surface area contributed by atoms with Crippen LogP contribution in [0.25, 0.3) is 0 Å². The lowest BCUT2D eigenvalue weighted by molar-refractivity contribution is 1.49. The minimum atomic E-state index is -1.08. The molecule has 0 amide bonds. The second-order valence-corrected chi connectivity index (χ2v) is 5.42. The van der Waals surface area contributed by atoms with Crippen LogP contribution in [-0.4, -0.2) is 0 Å². The Morgan fingerprint density at radius 2 is 1.73 bits per heavy atom. The molecule has 0 bridgehead atoms. The first-order valence-corrected chi connectivity index (χ1v) is 6.01. The molecule has 1 rings (SSSR count). The molecule has 0 N–H and O–H groups in total. The van der Waals surface area contributed by atoms with Crippen LogP contribution >= 0.6 is 29.1 Å². The van der Waals surface area contributed by atoms with E-state index in [0.717, 1.165) is 5.30 Å². The van der Waals surface area contributed by atoms with Crippen molar-refractivity contribution in [2.75, 3.05) is 0 Å². The first kappa shape index (κ1) is 8.81. The second-order valence-electron chi connectivity index (χ2n) is 1.89. The Balaban J connectivity index is 2.94. The van der Waals surface area contributed by atoms with Crippen molar-refractivity contribution in [3.8, 4) is 6.07 Å². The van der Waals surface area contributed by atoms with Crippen LogP contribution < -0.4 is 5.30 Å². The summed E-state index contributed by atoms with van der Waals surface area (Å²) in [7, 11) is 0. The summed E-state index contributed by atoms with van der Waals surface area (Å²) in [6.45, 7) is -1.08. The van der Waals surface area contributed by atoms with Crippen LogP contribution in [-0.2, 0) is 0 Å². The maximum atomic E-state index is 8.46. The Hall–Kier alpha value is -0.280. The molecule has 0 atom stereocenters. The molecule has 0 aliphatic heterocycles. The van der Waals surface area contributed by atoms with E-state index in [-0.39, 0.29) is 0 Å². The van der Waals surface area contributed by atoms with Crippen LogP contribution in [0.5, 0.6) is 0 Å². The molecule has 4 heteroatoms. The molecule has 0 aliphatic carbocycles. The Morgan fingerprint density at radius 1 is 1.18 bits per heavy atom. The molecule has 56 valence electrons. The number of rotatable bonds is 1. The molecule has 0 saturated carbocycles. The van der Waals surface area contributed by atoms with Crippen LogP contribution in [0.15, 0.2) is 24.3 Å². The summed E-state index contributed by atoms with van der Waals surface area (Å²) in [4.78, 5) is 0. The van der Waals surface area contributed by atoms with Gasteiger partial charge >= 0.3 is 0 Å². The SMILES string of the molecule is N#Cc1ccc(P(Cl)Cl)cc1. The topological polar surface area (TPSA) is 23.8 Å². The van der Waals surface area contributed by atoms with Crippen molar-refractivity contribution in [3.63, 3.8) is 0 Å². The predicted molar refractivity (Wildman–Crippen MR) is 49.4 cm³/mol. The fourth-order valence-corrected chi connectivity index (χ4v) is 1.70. The van der Waals surface area contributed by atoms with E-state index >= 15 is 0 Å². The molecule has 0 radical (unpaired) electrons. The molecule has 1 aromatic carbocycles. The summed E-state index contributed by atoms with van der Waals surface area (Å²) in [6, 6.07) is 8.96. The molecule has 1 nitrogen and oxygen atoms in total. The lowest BCUT2D eigenvalue weighted by Crippen LogP contribution is -1.92. The van der Waals surface area contributed by atoms with Crippen LogP contribution in [0.3, 0.4) is 0 Å². The predicted octanol–water partition coefficient (Wildman–Crippen LogP) is 2.97. The summed E-state index contributed by atoms with van der Waals surface area (Å²) in [5.41, 5.74) is 0.624. The summed E-state index contributed by atoms with van der Waals surface area (Å²) in [6.07, 6.45) is 0. The average Bonchev–Trinajstić information content (AvgIpc) is 2.05. The van der Waals surface area contributed by atoms with Gasteiger partial charge in [0.05, 0.1) is 11.6 Å². The molecule has 0 spiro atoms. The normalized spacial score (nSPS) is 9.64. The number of halogens is 2. The first-order chi connectivity index (χ1) is 5.24. The molecular formula is C7H4Cl2NP. The van der Waals surface area contributed by atoms with Gasteiger partial charge in [-0.2, -0.15) is 5.26 Å². The van der Waals surface area contributed by atoms with Crippen LogP contribution in [0, 0.1) is 11.3 Å². The van der Waals surface area contributed by atoms with Gasteiger partial charge in [0, 0.05) is 5.30 Å². The summed E-state index contributed by atoms with van der Waals surface area (Å²) in [5.74, 6) is 0. The quantitative estimate of drug-likeness (QED) is 0.645. The Kier molecular flexibility index (Phi) is 3.15. The van der Waals surface area contributed by atoms with Crippen LogP contribution in [0.1, 0.15) is 5.56 Å². The Bertz CT molecular complexity index is 275. The molecule has 11 heavy (non-hydrogen) atoms. The number of hydrogen-bond acceptors (Lipinski definition) is 1. The summed E-state index contributed by atoms with van der Waals surface area (Å²) in [5, 5.41) is 9.33. The van der Waals surface area contributed by atoms with E-state index in [4.69, 9.17) is 27.7 Å². The van der Waals surface area contributed by atoms with Crippen molar-refractivity contribution >= 4 is 34.4 Å². The highest BCUT2D eigenvalue weighted by Gasteiger charge is 2.01. The van der Waals surface area contributed by atoms with Crippen molar-refractivity contribution in [2.24, 2.45) is 0 Å². The second kappa shape index (κ2) is 3.93. The molecule has 0 aromatic heterocycles. The van der Waals surface area contributed by atoms with Crippen molar-refractivity contribution in [1.82, 2.24) is 0 Å². The number of nitrogens with zero attached hydrogens (tertiary/aromatic N) is 1. The number of nitriles is 1. The smallest absolute Gasteiger partial charge is 0.116 e. The standard InChI is InChI=1S/C7H4Cl2NP/c8-11(9)7-3-1-6(5-10)2-4-7/h1-4H. The number of hydrogen-bond donors (Lipinski definition) is 0. The van der Waals surface area contributed by atoms with Crippen LogP contribution in [0.2, 0.25) is 0 Å². The van der Waals surface area contributed by atoms with Gasteiger partial charge in [0.2, 0.25) is 0 Å². The average molecular weight is 204 g/mol. The van der Waals surface area contributed by atoms with Gasteiger partial charge in [0.15, 0.2) is 0 Å².